The molecule has 28 heavy (non-hydrogen) atoms. The summed E-state index contributed by atoms with van der Waals surface area (Å²) in [7, 11) is -0.568. The lowest BCUT2D eigenvalue weighted by Gasteiger charge is -2.24. The van der Waals surface area contributed by atoms with E-state index in [1.165, 1.54) is 4.31 Å². The lowest BCUT2D eigenvalue weighted by Crippen LogP contribution is -2.36. The number of alkyl halides is 3. The third-order valence-electron chi connectivity index (χ3n) is 3.88. The van der Waals surface area contributed by atoms with Crippen LogP contribution in [0, 0.1) is 0 Å². The lowest BCUT2D eigenvalue weighted by molar-refractivity contribution is -0.137. The van der Waals surface area contributed by atoms with Crippen LogP contribution in [0.3, 0.4) is 0 Å². The molecule has 2 rings (SSSR count). The van der Waals surface area contributed by atoms with Gasteiger partial charge in [-0.1, -0.05) is 41.9 Å². The summed E-state index contributed by atoms with van der Waals surface area (Å²) in [6.07, 6.45) is -4.74. The highest BCUT2D eigenvalue weighted by Gasteiger charge is 2.35. The van der Waals surface area contributed by atoms with Crippen molar-refractivity contribution in [3.63, 3.8) is 0 Å². The van der Waals surface area contributed by atoms with Crippen molar-refractivity contribution in [3.05, 3.63) is 64.7 Å². The van der Waals surface area contributed by atoms with Crippen LogP contribution in [0.1, 0.15) is 11.1 Å². The number of hydrogen-bond acceptors (Lipinski definition) is 3. The maximum Gasteiger partial charge on any atom is 0.417 e. The monoisotopic (exact) mass is 456 g/mol. The molecule has 0 spiro atoms. The van der Waals surface area contributed by atoms with E-state index in [-0.39, 0.29) is 25.5 Å². The summed E-state index contributed by atoms with van der Waals surface area (Å²) in [4.78, 5) is 1.37. The van der Waals surface area contributed by atoms with Gasteiger partial charge >= 0.3 is 6.18 Å². The van der Waals surface area contributed by atoms with Crippen molar-refractivity contribution in [2.24, 2.45) is 0 Å². The van der Waals surface area contributed by atoms with Crippen LogP contribution in [0.25, 0.3) is 0 Å². The number of halogens is 5. The summed E-state index contributed by atoms with van der Waals surface area (Å²) in [5.74, 6) is 0. The van der Waals surface area contributed by atoms with E-state index in [1.54, 1.807) is 49.3 Å². The maximum atomic E-state index is 13.1. The van der Waals surface area contributed by atoms with Crippen LogP contribution in [-0.4, -0.2) is 44.8 Å². The van der Waals surface area contributed by atoms with E-state index in [0.29, 0.717) is 12.6 Å². The van der Waals surface area contributed by atoms with E-state index in [9.17, 15) is 21.6 Å². The Morgan fingerprint density at radius 2 is 1.61 bits per heavy atom. The predicted molar refractivity (Wildman–Crippen MR) is 106 cm³/mol. The van der Waals surface area contributed by atoms with Crippen LogP contribution >= 0.6 is 24.0 Å². The second-order valence-electron chi connectivity index (χ2n) is 6.27. The molecular formula is C18H21Cl2F3N2O2S. The second kappa shape index (κ2) is 9.93. The van der Waals surface area contributed by atoms with Crippen molar-refractivity contribution in [2.45, 2.75) is 17.6 Å². The second-order valence-corrected chi connectivity index (χ2v) is 8.61. The first-order valence-electron chi connectivity index (χ1n) is 8.07. The van der Waals surface area contributed by atoms with E-state index in [2.05, 4.69) is 0 Å². The smallest absolute Gasteiger partial charge is 0.308 e. The standard InChI is InChI=1S/C18H20ClF3N2O2S.ClH/c1-23(2)10-11-24(13-14-6-4-3-5-7-14)27(25,26)15-8-9-17(19)16(12-15)18(20,21)22;/h3-9,12H,10-11,13H2,1-2H3;1H. The summed E-state index contributed by atoms with van der Waals surface area (Å²) in [5.41, 5.74) is -0.428. The number of benzene rings is 2. The Morgan fingerprint density at radius 3 is 2.14 bits per heavy atom. The number of hydrogen-bond donors (Lipinski definition) is 0. The summed E-state index contributed by atoms with van der Waals surface area (Å²) in [6.45, 7) is 0.612. The van der Waals surface area contributed by atoms with E-state index >= 15 is 0 Å². The molecule has 0 bridgehead atoms. The average molecular weight is 457 g/mol. The molecule has 0 fully saturated rings. The third kappa shape index (κ3) is 6.35. The van der Waals surface area contributed by atoms with Gasteiger partial charge in [0.05, 0.1) is 15.5 Å². The molecule has 2 aromatic carbocycles. The van der Waals surface area contributed by atoms with Crippen molar-refractivity contribution in [2.75, 3.05) is 27.2 Å². The number of likely N-dealkylation sites (N-methyl/N-ethyl adjacent to an activating group) is 1. The Morgan fingerprint density at radius 1 is 1.00 bits per heavy atom. The first-order chi connectivity index (χ1) is 12.5. The molecule has 4 nitrogen and oxygen atoms in total. The molecule has 156 valence electrons. The predicted octanol–water partition coefficient (Wildman–Crippen LogP) is 4.53. The zero-order valence-corrected chi connectivity index (χ0v) is 17.7. The molecule has 0 aromatic heterocycles. The number of rotatable bonds is 7. The third-order valence-corrected chi connectivity index (χ3v) is 6.05. The van der Waals surface area contributed by atoms with Crippen molar-refractivity contribution in [1.82, 2.24) is 9.21 Å². The SMILES string of the molecule is CN(C)CCN(Cc1ccccc1)S(=O)(=O)c1ccc(Cl)c(C(F)(F)F)c1.Cl. The molecule has 0 unspecified atom stereocenters. The van der Waals surface area contributed by atoms with Gasteiger partial charge in [0.15, 0.2) is 0 Å². The number of nitrogens with zero attached hydrogens (tertiary/aromatic N) is 2. The molecule has 0 saturated carbocycles. The molecule has 0 heterocycles. The van der Waals surface area contributed by atoms with Gasteiger partial charge in [-0.3, -0.25) is 0 Å². The van der Waals surface area contributed by atoms with Gasteiger partial charge in [-0.15, -0.1) is 12.4 Å². The minimum Gasteiger partial charge on any atom is -0.308 e. The molecular weight excluding hydrogens is 436 g/mol. The molecule has 10 heteroatoms. The van der Waals surface area contributed by atoms with Crippen molar-refractivity contribution in [3.8, 4) is 0 Å². The Hall–Kier alpha value is -1.32. The highest BCUT2D eigenvalue weighted by Crippen LogP contribution is 2.36. The summed E-state index contributed by atoms with van der Waals surface area (Å²) in [5, 5.41) is -0.538. The summed E-state index contributed by atoms with van der Waals surface area (Å²) in [6, 6.07) is 11.5. The highest BCUT2D eigenvalue weighted by atomic mass is 35.5. The van der Waals surface area contributed by atoms with Crippen LogP contribution in [0.2, 0.25) is 5.02 Å². The molecule has 0 atom stereocenters. The van der Waals surface area contributed by atoms with Gasteiger partial charge in [0, 0.05) is 19.6 Å². The fourth-order valence-corrected chi connectivity index (χ4v) is 4.08. The molecule has 2 aromatic rings. The van der Waals surface area contributed by atoms with E-state index in [4.69, 9.17) is 11.6 Å². The topological polar surface area (TPSA) is 40.6 Å². The van der Waals surface area contributed by atoms with Crippen molar-refractivity contribution in [1.29, 1.82) is 0 Å². The van der Waals surface area contributed by atoms with Crippen LogP contribution in [0.5, 0.6) is 0 Å². The zero-order chi connectivity index (χ0) is 20.2. The van der Waals surface area contributed by atoms with E-state index in [0.717, 1.165) is 17.7 Å². The van der Waals surface area contributed by atoms with Crippen LogP contribution in [0.4, 0.5) is 13.2 Å². The van der Waals surface area contributed by atoms with Gasteiger partial charge < -0.3 is 4.90 Å². The average Bonchev–Trinajstić information content (AvgIpc) is 2.58. The van der Waals surface area contributed by atoms with Crippen LogP contribution < -0.4 is 0 Å². The lowest BCUT2D eigenvalue weighted by atomic mass is 10.2. The first kappa shape index (κ1) is 24.7. The Kier molecular flexibility index (Phi) is 8.77. The van der Waals surface area contributed by atoms with Crippen molar-refractivity contribution >= 4 is 34.0 Å². The van der Waals surface area contributed by atoms with Gasteiger partial charge in [0.1, 0.15) is 0 Å². The summed E-state index contributed by atoms with van der Waals surface area (Å²) >= 11 is 5.61. The minimum absolute atomic E-state index is 0. The van der Waals surface area contributed by atoms with Gasteiger partial charge in [-0.2, -0.15) is 17.5 Å². The molecule has 0 radical (unpaired) electrons. The van der Waals surface area contributed by atoms with E-state index < -0.39 is 31.7 Å². The molecule has 0 aliphatic heterocycles. The molecule has 0 N–H and O–H groups in total. The largest absolute Gasteiger partial charge is 0.417 e. The van der Waals surface area contributed by atoms with Crippen LogP contribution in [0.15, 0.2) is 53.4 Å². The van der Waals surface area contributed by atoms with E-state index in [1.807, 2.05) is 0 Å². The first-order valence-corrected chi connectivity index (χ1v) is 9.89. The maximum absolute atomic E-state index is 13.1. The zero-order valence-electron chi connectivity index (χ0n) is 15.3. The minimum atomic E-state index is -4.74. The molecule has 0 amide bonds. The molecule has 0 aliphatic rings. The fourth-order valence-electron chi connectivity index (χ4n) is 2.41. The highest BCUT2D eigenvalue weighted by molar-refractivity contribution is 7.89. The molecule has 0 saturated heterocycles. The Bertz CT molecular complexity index is 876. The molecule has 0 aliphatic carbocycles. The van der Waals surface area contributed by atoms with Gasteiger partial charge in [0.2, 0.25) is 10.0 Å². The van der Waals surface area contributed by atoms with Gasteiger partial charge in [0.25, 0.3) is 0 Å². The normalized spacial score (nSPS) is 12.3. The van der Waals surface area contributed by atoms with Gasteiger partial charge in [-0.25, -0.2) is 8.42 Å². The summed E-state index contributed by atoms with van der Waals surface area (Å²) < 4.78 is 66.6. The van der Waals surface area contributed by atoms with Crippen LogP contribution in [-0.2, 0) is 22.7 Å². The quantitative estimate of drug-likeness (QED) is 0.614. The fraction of sp³-hybridized carbons (Fsp3) is 0.333. The van der Waals surface area contributed by atoms with Crippen molar-refractivity contribution < 1.29 is 21.6 Å². The Labute approximate surface area is 174 Å². The Balaban J connectivity index is 0.00000392. The van der Waals surface area contributed by atoms with Gasteiger partial charge in [-0.05, 0) is 37.9 Å². The number of sulfonamides is 1.